The van der Waals surface area contributed by atoms with E-state index in [0.29, 0.717) is 11.1 Å². The Bertz CT molecular complexity index is 348. The number of phenolic OH excluding ortho intramolecular Hbond substituents is 1. The molecule has 1 aromatic rings. The van der Waals surface area contributed by atoms with Crippen LogP contribution in [0.4, 0.5) is 0 Å². The van der Waals surface area contributed by atoms with Gasteiger partial charge in [0.15, 0.2) is 0 Å². The third-order valence-corrected chi connectivity index (χ3v) is 1.97. The highest BCUT2D eigenvalue weighted by Gasteiger charge is 2.16. The number of carbonyl (C=O) groups excluding carboxylic acids is 1. The minimum Gasteiger partial charge on any atom is -0.507 e. The lowest BCUT2D eigenvalue weighted by atomic mass is 10.1. The molecule has 0 saturated carbocycles. The molecule has 0 saturated heterocycles. The van der Waals surface area contributed by atoms with Crippen LogP contribution in [0.1, 0.15) is 15.9 Å². The maximum Gasteiger partial charge on any atom is 0.257 e. The molecule has 0 heterocycles. The minimum absolute atomic E-state index is 0.0216. The van der Waals surface area contributed by atoms with Gasteiger partial charge in [-0.05, 0) is 11.6 Å². The Hall–Kier alpha value is -1.55. The van der Waals surface area contributed by atoms with Crippen LogP contribution in [0.15, 0.2) is 18.2 Å². The standard InChI is InChI=1S/C10H14N2O2/c1-12(2)10(14)9-7(6-11)4-3-5-8(9)13/h3-5,13H,6,11H2,1-2H3. The zero-order chi connectivity index (χ0) is 10.7. The average Bonchev–Trinajstić information content (AvgIpc) is 2.16. The van der Waals surface area contributed by atoms with Crippen molar-refractivity contribution in [3.05, 3.63) is 29.3 Å². The Kier molecular flexibility index (Phi) is 3.09. The van der Waals surface area contributed by atoms with E-state index < -0.39 is 0 Å². The molecule has 0 aliphatic rings. The molecule has 0 atom stereocenters. The Balaban J connectivity index is 3.23. The molecule has 0 bridgehead atoms. The second-order valence-electron chi connectivity index (χ2n) is 3.21. The number of rotatable bonds is 2. The molecule has 1 rings (SSSR count). The molecule has 0 unspecified atom stereocenters. The number of carbonyl (C=O) groups is 1. The topological polar surface area (TPSA) is 66.6 Å². The monoisotopic (exact) mass is 194 g/mol. The zero-order valence-corrected chi connectivity index (χ0v) is 8.32. The SMILES string of the molecule is CN(C)C(=O)c1c(O)cccc1CN. The molecule has 1 amide bonds. The Morgan fingerprint density at radius 3 is 2.64 bits per heavy atom. The molecule has 0 aliphatic carbocycles. The first kappa shape index (κ1) is 10.5. The van der Waals surface area contributed by atoms with E-state index in [9.17, 15) is 9.90 Å². The Morgan fingerprint density at radius 1 is 1.50 bits per heavy atom. The quantitative estimate of drug-likeness (QED) is 0.722. The molecule has 4 nitrogen and oxygen atoms in total. The predicted molar refractivity (Wildman–Crippen MR) is 54.0 cm³/mol. The van der Waals surface area contributed by atoms with E-state index in [2.05, 4.69) is 0 Å². The summed E-state index contributed by atoms with van der Waals surface area (Å²) in [5.74, 6) is -0.254. The van der Waals surface area contributed by atoms with Crippen molar-refractivity contribution in [2.24, 2.45) is 5.73 Å². The van der Waals surface area contributed by atoms with Gasteiger partial charge in [-0.2, -0.15) is 0 Å². The van der Waals surface area contributed by atoms with Gasteiger partial charge >= 0.3 is 0 Å². The smallest absolute Gasteiger partial charge is 0.257 e. The molecule has 4 heteroatoms. The number of aromatic hydroxyl groups is 1. The first-order valence-electron chi connectivity index (χ1n) is 4.30. The normalized spacial score (nSPS) is 9.93. The molecule has 0 aliphatic heterocycles. The average molecular weight is 194 g/mol. The number of hydrogen-bond donors (Lipinski definition) is 2. The van der Waals surface area contributed by atoms with Crippen molar-refractivity contribution in [3.63, 3.8) is 0 Å². The van der Waals surface area contributed by atoms with Crippen molar-refractivity contribution in [2.75, 3.05) is 14.1 Å². The van der Waals surface area contributed by atoms with Crippen molar-refractivity contribution in [2.45, 2.75) is 6.54 Å². The molecule has 0 aromatic heterocycles. The minimum atomic E-state index is -0.233. The molecule has 0 fully saturated rings. The van der Waals surface area contributed by atoms with Gasteiger partial charge in [0.1, 0.15) is 5.75 Å². The van der Waals surface area contributed by atoms with E-state index in [0.717, 1.165) is 0 Å². The van der Waals surface area contributed by atoms with E-state index in [1.54, 1.807) is 26.2 Å². The highest BCUT2D eigenvalue weighted by atomic mass is 16.3. The second kappa shape index (κ2) is 4.11. The summed E-state index contributed by atoms with van der Waals surface area (Å²) in [6, 6.07) is 4.89. The first-order valence-corrected chi connectivity index (χ1v) is 4.30. The maximum absolute atomic E-state index is 11.7. The second-order valence-corrected chi connectivity index (χ2v) is 3.21. The summed E-state index contributed by atoms with van der Waals surface area (Å²) in [5.41, 5.74) is 6.42. The summed E-state index contributed by atoms with van der Waals surface area (Å²) < 4.78 is 0. The van der Waals surface area contributed by atoms with Gasteiger partial charge in [-0.3, -0.25) is 4.79 Å². The van der Waals surface area contributed by atoms with Gasteiger partial charge in [0.25, 0.3) is 5.91 Å². The summed E-state index contributed by atoms with van der Waals surface area (Å²) in [7, 11) is 3.27. The lowest BCUT2D eigenvalue weighted by Gasteiger charge is -2.14. The van der Waals surface area contributed by atoms with Crippen LogP contribution in [0.5, 0.6) is 5.75 Å². The summed E-state index contributed by atoms with van der Waals surface area (Å²) in [5, 5.41) is 9.54. The van der Waals surface area contributed by atoms with Crippen LogP contribution in [0.25, 0.3) is 0 Å². The highest BCUT2D eigenvalue weighted by Crippen LogP contribution is 2.21. The van der Waals surface area contributed by atoms with Gasteiger partial charge in [-0.1, -0.05) is 12.1 Å². The number of amides is 1. The molecule has 76 valence electrons. The zero-order valence-electron chi connectivity index (χ0n) is 8.32. The largest absolute Gasteiger partial charge is 0.507 e. The van der Waals surface area contributed by atoms with Gasteiger partial charge in [0.05, 0.1) is 5.56 Å². The van der Waals surface area contributed by atoms with Crippen molar-refractivity contribution in [1.82, 2.24) is 4.90 Å². The van der Waals surface area contributed by atoms with Gasteiger partial charge < -0.3 is 15.7 Å². The van der Waals surface area contributed by atoms with Crippen molar-refractivity contribution in [1.29, 1.82) is 0 Å². The highest BCUT2D eigenvalue weighted by molar-refractivity contribution is 5.98. The molecule has 1 aromatic carbocycles. The number of nitrogens with zero attached hydrogens (tertiary/aromatic N) is 1. The van der Waals surface area contributed by atoms with Crippen LogP contribution in [0.2, 0.25) is 0 Å². The van der Waals surface area contributed by atoms with Crippen molar-refractivity contribution >= 4 is 5.91 Å². The third kappa shape index (κ3) is 1.85. The van der Waals surface area contributed by atoms with Crippen LogP contribution in [0, 0.1) is 0 Å². The maximum atomic E-state index is 11.7. The molecular formula is C10H14N2O2. The van der Waals surface area contributed by atoms with Crippen LogP contribution in [0.3, 0.4) is 0 Å². The van der Waals surface area contributed by atoms with Gasteiger partial charge in [-0.15, -0.1) is 0 Å². The molecule has 14 heavy (non-hydrogen) atoms. The van der Waals surface area contributed by atoms with Crippen LogP contribution < -0.4 is 5.73 Å². The lowest BCUT2D eigenvalue weighted by molar-refractivity contribution is 0.0823. The fraction of sp³-hybridized carbons (Fsp3) is 0.300. The molecular weight excluding hydrogens is 180 g/mol. The summed E-state index contributed by atoms with van der Waals surface area (Å²) in [4.78, 5) is 13.1. The first-order chi connectivity index (χ1) is 6.57. The number of benzene rings is 1. The van der Waals surface area contributed by atoms with Crippen LogP contribution >= 0.6 is 0 Å². The third-order valence-electron chi connectivity index (χ3n) is 1.97. The Labute approximate surface area is 82.9 Å². The van der Waals surface area contributed by atoms with E-state index in [1.807, 2.05) is 0 Å². The molecule has 0 spiro atoms. The van der Waals surface area contributed by atoms with Gasteiger partial charge in [-0.25, -0.2) is 0 Å². The van der Waals surface area contributed by atoms with Crippen molar-refractivity contribution in [3.8, 4) is 5.75 Å². The summed E-state index contributed by atoms with van der Waals surface area (Å²) in [6.45, 7) is 0.239. The summed E-state index contributed by atoms with van der Waals surface area (Å²) >= 11 is 0. The lowest BCUT2D eigenvalue weighted by Crippen LogP contribution is -2.23. The summed E-state index contributed by atoms with van der Waals surface area (Å²) in [6.07, 6.45) is 0. The molecule has 0 radical (unpaired) electrons. The number of hydrogen-bond acceptors (Lipinski definition) is 3. The predicted octanol–water partition coefficient (Wildman–Crippen LogP) is 0.553. The Morgan fingerprint density at radius 2 is 2.14 bits per heavy atom. The van der Waals surface area contributed by atoms with Gasteiger partial charge in [0.2, 0.25) is 0 Å². The van der Waals surface area contributed by atoms with Gasteiger partial charge in [0, 0.05) is 20.6 Å². The van der Waals surface area contributed by atoms with E-state index >= 15 is 0 Å². The van der Waals surface area contributed by atoms with Crippen LogP contribution in [-0.2, 0) is 6.54 Å². The van der Waals surface area contributed by atoms with E-state index in [4.69, 9.17) is 5.73 Å². The van der Waals surface area contributed by atoms with E-state index in [-0.39, 0.29) is 18.2 Å². The van der Waals surface area contributed by atoms with Crippen LogP contribution in [-0.4, -0.2) is 30.0 Å². The van der Waals surface area contributed by atoms with Crippen molar-refractivity contribution < 1.29 is 9.90 Å². The number of nitrogens with two attached hydrogens (primary N) is 1. The van der Waals surface area contributed by atoms with E-state index in [1.165, 1.54) is 11.0 Å². The fourth-order valence-electron chi connectivity index (χ4n) is 1.23. The number of phenols is 1. The molecule has 3 N–H and O–H groups in total. The fourth-order valence-corrected chi connectivity index (χ4v) is 1.23.